The summed E-state index contributed by atoms with van der Waals surface area (Å²) >= 11 is 4.85. The van der Waals surface area contributed by atoms with E-state index in [2.05, 4.69) is 38.1 Å². The Hall–Kier alpha value is -1.99. The highest BCUT2D eigenvalue weighted by molar-refractivity contribution is 9.11. The monoisotopic (exact) mass is 379 g/mol. The summed E-state index contributed by atoms with van der Waals surface area (Å²) in [4.78, 5) is 28.8. The minimum Gasteiger partial charge on any atom is -0.346 e. The maximum atomic E-state index is 12.2. The zero-order valence-corrected chi connectivity index (χ0v) is 14.3. The van der Waals surface area contributed by atoms with E-state index in [1.807, 2.05) is 6.92 Å². The van der Waals surface area contributed by atoms with Gasteiger partial charge >= 0.3 is 0 Å². The summed E-state index contributed by atoms with van der Waals surface area (Å²) in [6.45, 7) is 5.70. The number of aromatic nitrogens is 1. The van der Waals surface area contributed by atoms with Crippen LogP contribution < -0.4 is 10.6 Å². The molecule has 1 aromatic carbocycles. The van der Waals surface area contributed by atoms with Crippen molar-refractivity contribution in [2.24, 2.45) is 0 Å². The first kappa shape index (κ1) is 16.4. The molecular weight excluding hydrogens is 366 g/mol. The highest BCUT2D eigenvalue weighted by Gasteiger charge is 2.10. The lowest BCUT2D eigenvalue weighted by atomic mass is 10.2. The van der Waals surface area contributed by atoms with Crippen molar-refractivity contribution in [2.75, 3.05) is 5.32 Å². The van der Waals surface area contributed by atoms with E-state index >= 15 is 0 Å². The fourth-order valence-electron chi connectivity index (χ4n) is 1.75. The van der Waals surface area contributed by atoms with E-state index in [0.717, 1.165) is 14.5 Å². The fraction of sp³-hybridized carbons (Fsp3) is 0.133. The molecule has 0 aliphatic heterocycles. The van der Waals surface area contributed by atoms with Gasteiger partial charge in [0.2, 0.25) is 5.91 Å². The highest BCUT2D eigenvalue weighted by atomic mass is 79.9. The van der Waals surface area contributed by atoms with Gasteiger partial charge in [0.05, 0.1) is 12.2 Å². The molecule has 5 nitrogen and oxygen atoms in total. The second-order valence-corrected chi connectivity index (χ2v) is 6.91. The van der Waals surface area contributed by atoms with Crippen molar-refractivity contribution in [1.29, 1.82) is 0 Å². The van der Waals surface area contributed by atoms with Gasteiger partial charge in [-0.05, 0) is 47.1 Å². The molecule has 1 aromatic heterocycles. The lowest BCUT2D eigenvalue weighted by molar-refractivity contribution is -0.111. The minimum atomic E-state index is -0.319. The van der Waals surface area contributed by atoms with Gasteiger partial charge in [-0.25, -0.2) is 4.98 Å². The van der Waals surface area contributed by atoms with Crippen LogP contribution in [0.3, 0.4) is 0 Å². The third-order valence-electron chi connectivity index (χ3n) is 2.86. The van der Waals surface area contributed by atoms with Gasteiger partial charge in [-0.2, -0.15) is 0 Å². The predicted molar refractivity (Wildman–Crippen MR) is 91.0 cm³/mol. The van der Waals surface area contributed by atoms with Crippen molar-refractivity contribution >= 4 is 44.8 Å². The number of carbonyl (C=O) groups excluding carboxylic acids is 2. The van der Waals surface area contributed by atoms with Crippen molar-refractivity contribution < 1.29 is 9.59 Å². The molecule has 0 saturated heterocycles. The zero-order valence-electron chi connectivity index (χ0n) is 11.9. The van der Waals surface area contributed by atoms with E-state index in [0.29, 0.717) is 17.8 Å². The maximum Gasteiger partial charge on any atom is 0.251 e. The van der Waals surface area contributed by atoms with E-state index in [1.54, 1.807) is 24.3 Å². The first-order chi connectivity index (χ1) is 10.5. The molecule has 114 valence electrons. The van der Waals surface area contributed by atoms with Crippen molar-refractivity contribution in [3.8, 4) is 0 Å². The SMILES string of the molecule is C=CC(=O)Nc1cccc(C(=O)NCc2nc(Br)sc2C)c1. The number of anilines is 1. The van der Waals surface area contributed by atoms with Crippen LogP contribution in [0.1, 0.15) is 20.9 Å². The number of hydrogen-bond donors (Lipinski definition) is 2. The lowest BCUT2D eigenvalue weighted by Crippen LogP contribution is -2.23. The van der Waals surface area contributed by atoms with Crippen molar-refractivity contribution in [1.82, 2.24) is 10.3 Å². The second-order valence-electron chi connectivity index (χ2n) is 4.43. The third kappa shape index (κ3) is 4.25. The summed E-state index contributed by atoms with van der Waals surface area (Å²) < 4.78 is 0.795. The predicted octanol–water partition coefficient (Wildman–Crippen LogP) is 3.27. The van der Waals surface area contributed by atoms with E-state index < -0.39 is 0 Å². The number of thiazole rings is 1. The van der Waals surface area contributed by atoms with Crippen LogP contribution in [0, 0.1) is 6.92 Å². The minimum absolute atomic E-state index is 0.224. The van der Waals surface area contributed by atoms with Crippen LogP contribution in [0.25, 0.3) is 0 Å². The number of hydrogen-bond acceptors (Lipinski definition) is 4. The topological polar surface area (TPSA) is 71.1 Å². The Morgan fingerprint density at radius 3 is 2.86 bits per heavy atom. The molecule has 22 heavy (non-hydrogen) atoms. The van der Waals surface area contributed by atoms with Gasteiger partial charge in [-0.3, -0.25) is 9.59 Å². The van der Waals surface area contributed by atoms with Gasteiger partial charge in [0.1, 0.15) is 0 Å². The van der Waals surface area contributed by atoms with Gasteiger partial charge in [0.15, 0.2) is 3.92 Å². The Kier molecular flexibility index (Phi) is 5.46. The van der Waals surface area contributed by atoms with E-state index in [4.69, 9.17) is 0 Å². The average molecular weight is 380 g/mol. The van der Waals surface area contributed by atoms with Crippen molar-refractivity contribution in [2.45, 2.75) is 13.5 Å². The second kappa shape index (κ2) is 7.33. The average Bonchev–Trinajstić information content (AvgIpc) is 2.82. The molecule has 0 aliphatic carbocycles. The molecule has 2 aromatic rings. The van der Waals surface area contributed by atoms with Crippen LogP contribution in [-0.4, -0.2) is 16.8 Å². The zero-order chi connectivity index (χ0) is 16.1. The maximum absolute atomic E-state index is 12.2. The first-order valence-corrected chi connectivity index (χ1v) is 8.04. The number of rotatable bonds is 5. The van der Waals surface area contributed by atoms with E-state index in [9.17, 15) is 9.59 Å². The van der Waals surface area contributed by atoms with E-state index in [-0.39, 0.29) is 11.8 Å². The summed E-state index contributed by atoms with van der Waals surface area (Å²) in [5.41, 5.74) is 1.85. The molecule has 2 rings (SSSR count). The summed E-state index contributed by atoms with van der Waals surface area (Å²) in [5.74, 6) is -0.543. The van der Waals surface area contributed by atoms with Crippen LogP contribution in [0.15, 0.2) is 40.8 Å². The quantitative estimate of drug-likeness (QED) is 0.783. The number of amides is 2. The van der Waals surface area contributed by atoms with E-state index in [1.165, 1.54) is 17.4 Å². The summed E-state index contributed by atoms with van der Waals surface area (Å²) in [5, 5.41) is 5.43. The number of carbonyl (C=O) groups is 2. The van der Waals surface area contributed by atoms with Crippen molar-refractivity contribution in [3.63, 3.8) is 0 Å². The normalized spacial score (nSPS) is 10.1. The molecule has 0 radical (unpaired) electrons. The third-order valence-corrected chi connectivity index (χ3v) is 4.33. The van der Waals surface area contributed by atoms with Gasteiger partial charge in [-0.1, -0.05) is 12.6 Å². The number of aryl methyl sites for hydroxylation is 1. The molecule has 1 heterocycles. The Labute approximate surface area is 140 Å². The Bertz CT molecular complexity index is 727. The molecular formula is C15H14BrN3O2S. The largest absolute Gasteiger partial charge is 0.346 e. The molecule has 2 N–H and O–H groups in total. The number of nitrogens with zero attached hydrogens (tertiary/aromatic N) is 1. The lowest BCUT2D eigenvalue weighted by Gasteiger charge is -2.07. The molecule has 0 aliphatic rings. The summed E-state index contributed by atoms with van der Waals surface area (Å²) in [6, 6.07) is 6.71. The van der Waals surface area contributed by atoms with Gasteiger partial charge in [0.25, 0.3) is 5.91 Å². The Morgan fingerprint density at radius 2 is 2.23 bits per heavy atom. The Morgan fingerprint density at radius 1 is 1.45 bits per heavy atom. The molecule has 2 amide bonds. The van der Waals surface area contributed by atoms with Crippen molar-refractivity contribution in [3.05, 3.63) is 57.0 Å². The standard InChI is InChI=1S/C15H14BrN3O2S/c1-3-13(20)18-11-6-4-5-10(7-11)14(21)17-8-12-9(2)22-15(16)19-12/h3-7H,1,8H2,2H3,(H,17,21)(H,18,20). The number of halogens is 1. The Balaban J connectivity index is 2.03. The number of benzene rings is 1. The molecule has 0 spiro atoms. The van der Waals surface area contributed by atoms with Crippen LogP contribution >= 0.6 is 27.3 Å². The van der Waals surface area contributed by atoms with Crippen LogP contribution in [0.5, 0.6) is 0 Å². The molecule has 7 heteroatoms. The molecule has 0 unspecified atom stereocenters. The molecule has 0 fully saturated rings. The number of nitrogens with one attached hydrogen (secondary N) is 2. The van der Waals surface area contributed by atoms with Crippen LogP contribution in [0.4, 0.5) is 5.69 Å². The summed E-state index contributed by atoms with van der Waals surface area (Å²) in [6.07, 6.45) is 1.18. The van der Waals surface area contributed by atoms with Gasteiger partial charge < -0.3 is 10.6 Å². The van der Waals surface area contributed by atoms with Gasteiger partial charge in [0, 0.05) is 16.1 Å². The van der Waals surface area contributed by atoms with Gasteiger partial charge in [-0.15, -0.1) is 11.3 Å². The fourth-order valence-corrected chi connectivity index (χ4v) is 3.34. The molecule has 0 atom stereocenters. The first-order valence-electron chi connectivity index (χ1n) is 6.43. The smallest absolute Gasteiger partial charge is 0.251 e. The molecule has 0 bridgehead atoms. The molecule has 0 saturated carbocycles. The highest BCUT2D eigenvalue weighted by Crippen LogP contribution is 2.22. The summed E-state index contributed by atoms with van der Waals surface area (Å²) in [7, 11) is 0. The van der Waals surface area contributed by atoms with Crippen LogP contribution in [-0.2, 0) is 11.3 Å². The van der Waals surface area contributed by atoms with Crippen LogP contribution in [0.2, 0.25) is 0 Å².